The van der Waals surface area contributed by atoms with Crippen LogP contribution in [0, 0.1) is 0 Å². The summed E-state index contributed by atoms with van der Waals surface area (Å²) in [5, 5.41) is 0. The van der Waals surface area contributed by atoms with Crippen LogP contribution in [0.1, 0.15) is 33.6 Å². The number of nitrogens with zero attached hydrogens (tertiary/aromatic N) is 1. The number of likely N-dealkylation sites (tertiary alicyclic amines) is 1. The fourth-order valence-corrected chi connectivity index (χ4v) is 1.69. The predicted molar refractivity (Wildman–Crippen MR) is 60.0 cm³/mol. The number of imide groups is 1. The second kappa shape index (κ2) is 6.93. The monoisotopic (exact) mass is 305 g/mol. The molecular formula is C10H16BF3KNO3. The molecule has 4 nitrogen and oxygen atoms in total. The molecule has 0 aromatic rings. The Morgan fingerprint density at radius 1 is 1.37 bits per heavy atom. The van der Waals surface area contributed by atoms with Crippen LogP contribution in [0.25, 0.3) is 0 Å². The van der Waals surface area contributed by atoms with Crippen LogP contribution in [0.4, 0.5) is 17.7 Å². The standard InChI is InChI=1S/C10H16BF3NO3.K/c1-10(2,3)18-9(17)15-5-4-7(6-8(15)16)11(12,13)14;/h7H,4-6H2,1-3H3;/q-1;+1. The van der Waals surface area contributed by atoms with Gasteiger partial charge in [0.1, 0.15) is 5.60 Å². The van der Waals surface area contributed by atoms with Gasteiger partial charge in [0, 0.05) is 13.0 Å². The number of piperidine rings is 1. The van der Waals surface area contributed by atoms with Crippen molar-refractivity contribution in [3.8, 4) is 0 Å². The molecule has 9 heteroatoms. The van der Waals surface area contributed by atoms with Gasteiger partial charge >= 0.3 is 64.5 Å². The third-order valence-corrected chi connectivity index (χ3v) is 2.61. The zero-order chi connectivity index (χ0) is 14.1. The first kappa shape index (κ1) is 19.4. The fraction of sp³-hybridized carbons (Fsp3) is 0.800. The Morgan fingerprint density at radius 3 is 2.26 bits per heavy atom. The number of hydrogen-bond acceptors (Lipinski definition) is 3. The third-order valence-electron chi connectivity index (χ3n) is 2.61. The summed E-state index contributed by atoms with van der Waals surface area (Å²) in [4.78, 5) is 23.9. The molecular weight excluding hydrogens is 289 g/mol. The van der Waals surface area contributed by atoms with Crippen molar-refractivity contribution < 1.29 is 78.7 Å². The molecule has 1 fully saturated rings. The van der Waals surface area contributed by atoms with Crippen molar-refractivity contribution in [3.63, 3.8) is 0 Å². The number of amides is 2. The van der Waals surface area contributed by atoms with Gasteiger partial charge in [-0.25, -0.2) is 9.69 Å². The molecule has 0 aromatic heterocycles. The minimum atomic E-state index is -5.03. The van der Waals surface area contributed by atoms with Crippen molar-refractivity contribution in [2.24, 2.45) is 0 Å². The Morgan fingerprint density at radius 2 is 1.89 bits per heavy atom. The van der Waals surface area contributed by atoms with Crippen LogP contribution >= 0.6 is 0 Å². The van der Waals surface area contributed by atoms with Crippen molar-refractivity contribution in [2.75, 3.05) is 6.54 Å². The quantitative estimate of drug-likeness (QED) is 0.629. The number of ether oxygens (including phenoxy) is 1. The van der Waals surface area contributed by atoms with Gasteiger partial charge in [-0.3, -0.25) is 4.79 Å². The minimum absolute atomic E-state index is 0. The first-order valence-corrected chi connectivity index (χ1v) is 5.74. The molecule has 1 aliphatic heterocycles. The first-order valence-electron chi connectivity index (χ1n) is 5.74. The third kappa shape index (κ3) is 6.16. The zero-order valence-electron chi connectivity index (χ0n) is 11.6. The molecule has 0 aromatic carbocycles. The molecule has 0 aliphatic carbocycles. The van der Waals surface area contributed by atoms with Crippen molar-refractivity contribution >= 4 is 19.0 Å². The number of hydrogen-bond donors (Lipinski definition) is 0. The molecule has 1 unspecified atom stereocenters. The van der Waals surface area contributed by atoms with Crippen LogP contribution in [0.3, 0.4) is 0 Å². The second-order valence-corrected chi connectivity index (χ2v) is 5.40. The zero-order valence-corrected chi connectivity index (χ0v) is 14.7. The van der Waals surface area contributed by atoms with Gasteiger partial charge in [0.2, 0.25) is 5.91 Å². The van der Waals surface area contributed by atoms with Gasteiger partial charge in [0.25, 0.3) is 0 Å². The number of halogens is 3. The average Bonchev–Trinajstić information content (AvgIpc) is 2.12. The van der Waals surface area contributed by atoms with Gasteiger partial charge in [0.05, 0.1) is 0 Å². The van der Waals surface area contributed by atoms with E-state index in [2.05, 4.69) is 0 Å². The molecule has 1 atom stereocenters. The molecule has 0 spiro atoms. The van der Waals surface area contributed by atoms with Gasteiger partial charge in [-0.2, -0.15) is 0 Å². The second-order valence-electron chi connectivity index (χ2n) is 5.40. The average molecular weight is 305 g/mol. The van der Waals surface area contributed by atoms with Crippen LogP contribution < -0.4 is 51.4 Å². The SMILES string of the molecule is CC(C)(C)OC(=O)N1CCC([B-](F)(F)F)CC1=O.[K+]. The molecule has 0 N–H and O–H groups in total. The summed E-state index contributed by atoms with van der Waals surface area (Å²) in [7, 11) is 0. The molecule has 1 heterocycles. The van der Waals surface area contributed by atoms with Crippen molar-refractivity contribution in [1.29, 1.82) is 0 Å². The van der Waals surface area contributed by atoms with Gasteiger partial charge in [-0.05, 0) is 20.8 Å². The van der Waals surface area contributed by atoms with E-state index in [1.165, 1.54) is 0 Å². The molecule has 2 amide bonds. The van der Waals surface area contributed by atoms with Gasteiger partial charge in [-0.15, -0.1) is 0 Å². The van der Waals surface area contributed by atoms with E-state index in [9.17, 15) is 22.5 Å². The van der Waals surface area contributed by atoms with Crippen LogP contribution in [-0.4, -0.2) is 36.0 Å². The topological polar surface area (TPSA) is 46.6 Å². The van der Waals surface area contributed by atoms with E-state index in [1.807, 2.05) is 0 Å². The van der Waals surface area contributed by atoms with Crippen LogP contribution in [0.15, 0.2) is 0 Å². The van der Waals surface area contributed by atoms with E-state index in [1.54, 1.807) is 20.8 Å². The molecule has 0 bridgehead atoms. The Bertz CT molecular complexity index is 357. The summed E-state index contributed by atoms with van der Waals surface area (Å²) in [6.45, 7) is -0.389. The van der Waals surface area contributed by atoms with E-state index in [4.69, 9.17) is 4.74 Å². The largest absolute Gasteiger partial charge is 1.00 e. The van der Waals surface area contributed by atoms with E-state index >= 15 is 0 Å². The summed E-state index contributed by atoms with van der Waals surface area (Å²) in [5.74, 6) is -2.42. The Hall–Kier alpha value is 0.431. The summed E-state index contributed by atoms with van der Waals surface area (Å²) in [6, 6.07) is 0. The molecule has 0 saturated carbocycles. The van der Waals surface area contributed by atoms with Crippen molar-refractivity contribution in [2.45, 2.75) is 45.0 Å². The summed E-state index contributed by atoms with van der Waals surface area (Å²) in [5.41, 5.74) is -0.776. The molecule has 1 rings (SSSR count). The first-order chi connectivity index (χ1) is 8.00. The maximum absolute atomic E-state index is 12.5. The van der Waals surface area contributed by atoms with Gasteiger partial charge in [-0.1, -0.05) is 12.2 Å². The van der Waals surface area contributed by atoms with E-state index in [0.29, 0.717) is 0 Å². The Kier molecular flexibility index (Phi) is 7.09. The normalized spacial score (nSPS) is 20.8. The van der Waals surface area contributed by atoms with Crippen LogP contribution in [0.2, 0.25) is 5.82 Å². The van der Waals surface area contributed by atoms with Crippen molar-refractivity contribution in [3.05, 3.63) is 0 Å². The molecule has 0 radical (unpaired) electrons. The molecule has 19 heavy (non-hydrogen) atoms. The summed E-state index contributed by atoms with van der Waals surface area (Å²) < 4.78 is 42.4. The van der Waals surface area contributed by atoms with Crippen LogP contribution in [-0.2, 0) is 9.53 Å². The van der Waals surface area contributed by atoms with E-state index in [0.717, 1.165) is 4.90 Å². The maximum atomic E-state index is 12.5. The smallest absolute Gasteiger partial charge is 0.449 e. The van der Waals surface area contributed by atoms with Crippen molar-refractivity contribution in [1.82, 2.24) is 4.90 Å². The summed E-state index contributed by atoms with van der Waals surface area (Å²) >= 11 is 0. The van der Waals surface area contributed by atoms with Gasteiger partial charge < -0.3 is 17.7 Å². The number of carbonyl (C=O) groups is 2. The maximum Gasteiger partial charge on any atom is 1.00 e. The molecule has 104 valence electrons. The van der Waals surface area contributed by atoms with Gasteiger partial charge in [0.15, 0.2) is 0 Å². The minimum Gasteiger partial charge on any atom is -0.449 e. The summed E-state index contributed by atoms with van der Waals surface area (Å²) in [6.07, 6.45) is -1.78. The number of carbonyl (C=O) groups excluding carboxylic acids is 2. The Balaban J connectivity index is 0.00000324. The number of rotatable bonds is 1. The molecule has 1 aliphatic rings. The fourth-order valence-electron chi connectivity index (χ4n) is 1.69. The van der Waals surface area contributed by atoms with E-state index < -0.39 is 36.8 Å². The van der Waals surface area contributed by atoms with Crippen LogP contribution in [0.5, 0.6) is 0 Å². The molecule has 1 saturated heterocycles. The van der Waals surface area contributed by atoms with E-state index in [-0.39, 0.29) is 64.4 Å². The predicted octanol–water partition coefficient (Wildman–Crippen LogP) is -0.234. The Labute approximate surface area is 152 Å².